The van der Waals surface area contributed by atoms with Gasteiger partial charge in [-0.15, -0.1) is 0 Å². The van der Waals surface area contributed by atoms with Crippen LogP contribution in [0, 0.1) is 17.8 Å². The van der Waals surface area contributed by atoms with Crippen molar-refractivity contribution < 1.29 is 53.6 Å². The fourth-order valence-electron chi connectivity index (χ4n) is 7.15. The Kier molecular flexibility index (Phi) is 16.3. The third-order valence-corrected chi connectivity index (χ3v) is 10.7. The smallest absolute Gasteiger partial charge is 0.238 e. The lowest BCUT2D eigenvalue weighted by Crippen LogP contribution is -2.61. The first-order valence-corrected chi connectivity index (χ1v) is 19.5. The Morgan fingerprint density at radius 1 is 0.873 bits per heavy atom. The number of benzene rings is 2. The number of fused-ring (bicyclic) bond motifs is 1. The van der Waals surface area contributed by atoms with Gasteiger partial charge in [-0.2, -0.15) is 0 Å². The average molecular weight is 771 g/mol. The van der Waals surface area contributed by atoms with Crippen LogP contribution in [0.4, 0.5) is 0 Å². The fraction of sp³-hybridized carbons (Fsp3) is 0.605. The monoisotopic (exact) mass is 770 g/mol. The van der Waals surface area contributed by atoms with Gasteiger partial charge in [-0.05, 0) is 68.2 Å². The summed E-state index contributed by atoms with van der Waals surface area (Å²) in [4.78, 5) is 13.2. The first-order valence-electron chi connectivity index (χ1n) is 19.5. The largest absolute Gasteiger partial charge is 0.507 e. The molecule has 0 saturated carbocycles. The minimum absolute atomic E-state index is 0.0778. The third kappa shape index (κ3) is 11.2. The van der Waals surface area contributed by atoms with Gasteiger partial charge < -0.3 is 53.6 Å². The fourth-order valence-corrected chi connectivity index (χ4v) is 7.15. The first kappa shape index (κ1) is 43.9. The van der Waals surface area contributed by atoms with Gasteiger partial charge in [0.15, 0.2) is 17.3 Å². The molecule has 3 aromatic rings. The minimum atomic E-state index is -1.62. The summed E-state index contributed by atoms with van der Waals surface area (Å²) in [6.07, 6.45) is 3.79. The maximum atomic E-state index is 13.2. The average Bonchev–Trinajstić information content (AvgIpc) is 3.16. The highest BCUT2D eigenvalue weighted by atomic mass is 16.7. The van der Waals surface area contributed by atoms with Gasteiger partial charge in [0.25, 0.3) is 0 Å². The van der Waals surface area contributed by atoms with Crippen LogP contribution in [0.25, 0.3) is 22.3 Å². The summed E-state index contributed by atoms with van der Waals surface area (Å²) in [6.45, 7) is 12.5. The molecule has 0 amide bonds. The number of methoxy groups -OCH3 is 2. The number of aliphatic hydroxyl groups excluding tert-OH is 3. The van der Waals surface area contributed by atoms with Crippen LogP contribution < -0.4 is 19.6 Å². The molecule has 306 valence electrons. The van der Waals surface area contributed by atoms with Crippen LogP contribution in [0.3, 0.4) is 0 Å². The molecule has 0 radical (unpaired) electrons. The van der Waals surface area contributed by atoms with E-state index in [1.54, 1.807) is 12.1 Å². The number of allylic oxidation sites excluding steroid dienone is 1. The highest BCUT2D eigenvalue weighted by Crippen LogP contribution is 2.39. The summed E-state index contributed by atoms with van der Waals surface area (Å²) >= 11 is 0. The predicted octanol–water partition coefficient (Wildman–Crippen LogP) is 7.48. The molecule has 1 fully saturated rings. The molecule has 1 aliphatic rings. The number of aromatic hydroxyl groups is 2. The number of rotatable bonds is 20. The molecule has 0 bridgehead atoms. The van der Waals surface area contributed by atoms with E-state index in [9.17, 15) is 30.3 Å². The molecule has 0 aliphatic carbocycles. The van der Waals surface area contributed by atoms with Crippen molar-refractivity contribution in [3.8, 4) is 40.1 Å². The Morgan fingerprint density at radius 2 is 1.53 bits per heavy atom. The van der Waals surface area contributed by atoms with Gasteiger partial charge in [0.05, 0.1) is 26.9 Å². The molecular weight excluding hydrogens is 708 g/mol. The summed E-state index contributed by atoms with van der Waals surface area (Å²) in [5.41, 5.74) is 0.240. The number of hydrogen-bond donors (Lipinski definition) is 5. The number of phenols is 1. The summed E-state index contributed by atoms with van der Waals surface area (Å²) in [5, 5.41) is 54.2. The lowest BCUT2D eigenvalue weighted by atomic mass is 9.91. The second-order valence-corrected chi connectivity index (χ2v) is 15.5. The van der Waals surface area contributed by atoms with Gasteiger partial charge in [-0.25, -0.2) is 0 Å². The maximum absolute atomic E-state index is 13.2. The van der Waals surface area contributed by atoms with Gasteiger partial charge in [0.1, 0.15) is 46.9 Å². The van der Waals surface area contributed by atoms with E-state index in [4.69, 9.17) is 28.1 Å². The topological polar surface area (TPSA) is 178 Å². The van der Waals surface area contributed by atoms with Gasteiger partial charge in [-0.1, -0.05) is 72.3 Å². The Bertz CT molecular complexity index is 1760. The number of aliphatic hydroxyl groups is 3. The van der Waals surface area contributed by atoms with Gasteiger partial charge in [-0.3, -0.25) is 4.79 Å². The molecule has 7 unspecified atom stereocenters. The van der Waals surface area contributed by atoms with E-state index in [1.807, 2.05) is 19.9 Å². The van der Waals surface area contributed by atoms with E-state index in [0.717, 1.165) is 36.3 Å². The lowest BCUT2D eigenvalue weighted by Gasteiger charge is -2.43. The molecule has 2 aromatic carbocycles. The molecular formula is C43H62O12. The second-order valence-electron chi connectivity index (χ2n) is 15.5. The Labute approximate surface area is 324 Å². The maximum Gasteiger partial charge on any atom is 0.238 e. The van der Waals surface area contributed by atoms with Gasteiger partial charge in [0.2, 0.25) is 17.5 Å². The van der Waals surface area contributed by atoms with E-state index >= 15 is 0 Å². The predicted molar refractivity (Wildman–Crippen MR) is 211 cm³/mol. The molecule has 2 heterocycles. The summed E-state index contributed by atoms with van der Waals surface area (Å²) < 4.78 is 34.8. The van der Waals surface area contributed by atoms with Crippen LogP contribution in [-0.2, 0) is 9.47 Å². The number of phenolic OH excluding ortho intramolecular Hbond substituents is 1. The Balaban J connectivity index is 1.45. The van der Waals surface area contributed by atoms with Crippen LogP contribution in [0.1, 0.15) is 92.9 Å². The summed E-state index contributed by atoms with van der Waals surface area (Å²) in [7, 11) is 2.91. The van der Waals surface area contributed by atoms with Gasteiger partial charge >= 0.3 is 0 Å². The molecule has 55 heavy (non-hydrogen) atoms. The van der Waals surface area contributed by atoms with Crippen LogP contribution >= 0.6 is 0 Å². The van der Waals surface area contributed by atoms with Crippen LogP contribution in [-0.4, -0.2) is 83.2 Å². The highest BCUT2D eigenvalue weighted by Gasteiger charge is 2.47. The molecule has 0 spiro atoms. The van der Waals surface area contributed by atoms with Crippen molar-refractivity contribution in [2.75, 3.05) is 20.8 Å². The van der Waals surface area contributed by atoms with Gasteiger partial charge in [0, 0.05) is 17.7 Å². The van der Waals surface area contributed by atoms with Crippen molar-refractivity contribution in [1.29, 1.82) is 0 Å². The van der Waals surface area contributed by atoms with Crippen molar-refractivity contribution >= 4 is 11.0 Å². The molecule has 5 N–H and O–H groups in total. The standard InChI is InChI=1S/C43H62O12/c1-9-27(6)31(18-16-26(5)15-11-14-25(4)13-10-12-24(2)3)53-42-35(23-44)55-43(40(49)39(42)48)52-29-21-30(45)36-34(22-29)54-41(38(47)37(36)46)28-17-19-32(50-7)33(20-28)51-8/h9,17,19-22,24-26,31,35,39-40,42-45,47-49H,10-16,18,23H2,1-8H3/t25?,26?,31-,35?,39?,40?,42?,43?/m1/s1. The summed E-state index contributed by atoms with van der Waals surface area (Å²) in [6, 6.07) is 7.06. The second kappa shape index (κ2) is 20.4. The Morgan fingerprint density at radius 3 is 2.15 bits per heavy atom. The molecule has 4 rings (SSSR count). The SMILES string of the molecule is CC=C(C)[C@@H](CCC(C)CCCC(C)CCCC(C)C)OC1C(CO)OC(Oc2cc(O)c3c(=O)c(O)c(-c4ccc(OC)c(OC)c4)oc3c2)C(O)C1O. The van der Waals surface area contributed by atoms with Crippen molar-refractivity contribution in [2.45, 2.75) is 130 Å². The molecule has 12 nitrogen and oxygen atoms in total. The third-order valence-electron chi connectivity index (χ3n) is 10.7. The quantitative estimate of drug-likeness (QED) is 0.0717. The van der Waals surface area contributed by atoms with E-state index in [1.165, 1.54) is 58.5 Å². The van der Waals surface area contributed by atoms with Crippen molar-refractivity contribution in [1.82, 2.24) is 0 Å². The van der Waals surface area contributed by atoms with Crippen LogP contribution in [0.2, 0.25) is 0 Å². The van der Waals surface area contributed by atoms with E-state index < -0.39 is 54.2 Å². The van der Waals surface area contributed by atoms with Crippen molar-refractivity contribution in [3.05, 3.63) is 52.2 Å². The van der Waals surface area contributed by atoms with Crippen molar-refractivity contribution in [2.24, 2.45) is 17.8 Å². The Hall–Kier alpha value is -3.81. The highest BCUT2D eigenvalue weighted by molar-refractivity contribution is 5.88. The normalized spacial score (nSPS) is 22.1. The zero-order valence-corrected chi connectivity index (χ0v) is 33.6. The molecule has 1 aliphatic heterocycles. The van der Waals surface area contributed by atoms with Crippen molar-refractivity contribution in [3.63, 3.8) is 0 Å². The molecule has 1 saturated heterocycles. The number of ether oxygens (including phenoxy) is 5. The first-order chi connectivity index (χ1) is 26.2. The lowest BCUT2D eigenvalue weighted by molar-refractivity contribution is -0.290. The zero-order chi connectivity index (χ0) is 40.4. The van der Waals surface area contributed by atoms with Crippen LogP contribution in [0.15, 0.2) is 51.2 Å². The minimum Gasteiger partial charge on any atom is -0.507 e. The van der Waals surface area contributed by atoms with E-state index in [-0.39, 0.29) is 28.6 Å². The summed E-state index contributed by atoms with van der Waals surface area (Å²) in [5.74, 6) is 1.14. The van der Waals surface area contributed by atoms with Crippen LogP contribution in [0.5, 0.6) is 28.7 Å². The molecule has 1 aromatic heterocycles. The van der Waals surface area contributed by atoms with E-state index in [0.29, 0.717) is 29.4 Å². The van der Waals surface area contributed by atoms with E-state index in [2.05, 4.69) is 27.7 Å². The molecule has 12 heteroatoms. The number of hydrogen-bond acceptors (Lipinski definition) is 12. The molecule has 8 atom stereocenters. The zero-order valence-electron chi connectivity index (χ0n) is 33.6.